The monoisotopic (exact) mass is 204 g/mol. The average molecular weight is 204 g/mol. The highest BCUT2D eigenvalue weighted by Gasteiger charge is 2.04. The molecule has 0 unspecified atom stereocenters. The smallest absolute Gasteiger partial charge is 0.141 e. The molecule has 4 nitrogen and oxygen atoms in total. The molecule has 0 spiro atoms. The van der Waals surface area contributed by atoms with E-state index >= 15 is 0 Å². The van der Waals surface area contributed by atoms with Crippen molar-refractivity contribution in [1.82, 2.24) is 5.16 Å². The van der Waals surface area contributed by atoms with Crippen LogP contribution in [0.25, 0.3) is 0 Å². The molecule has 2 rings (SSSR count). The van der Waals surface area contributed by atoms with Crippen LogP contribution in [0.2, 0.25) is 0 Å². The summed E-state index contributed by atoms with van der Waals surface area (Å²) in [5, 5.41) is 13.1. The molecule has 0 amide bonds. The number of nitrogens with two attached hydrogens (primary N) is 1. The van der Waals surface area contributed by atoms with Crippen LogP contribution in [0.1, 0.15) is 17.0 Å². The van der Waals surface area contributed by atoms with Gasteiger partial charge in [0.25, 0.3) is 0 Å². The van der Waals surface area contributed by atoms with Crippen molar-refractivity contribution in [1.29, 1.82) is 0 Å². The Labute approximate surface area is 87.3 Å². The molecule has 0 saturated carbocycles. The van der Waals surface area contributed by atoms with E-state index in [2.05, 4.69) is 5.16 Å². The first kappa shape index (κ1) is 9.73. The van der Waals surface area contributed by atoms with Gasteiger partial charge in [-0.1, -0.05) is 17.3 Å². The number of benzene rings is 1. The summed E-state index contributed by atoms with van der Waals surface area (Å²) in [6, 6.07) is 8.87. The van der Waals surface area contributed by atoms with Gasteiger partial charge in [-0.05, 0) is 17.7 Å². The molecule has 3 N–H and O–H groups in total. The van der Waals surface area contributed by atoms with Crippen LogP contribution in [0.15, 0.2) is 34.9 Å². The van der Waals surface area contributed by atoms with Crippen LogP contribution in [0.3, 0.4) is 0 Å². The Morgan fingerprint density at radius 3 is 2.87 bits per heavy atom. The summed E-state index contributed by atoms with van der Waals surface area (Å²) in [6.45, 7) is 0.379. The van der Waals surface area contributed by atoms with Crippen molar-refractivity contribution in [3.8, 4) is 5.75 Å². The molecule has 0 aliphatic carbocycles. The van der Waals surface area contributed by atoms with Gasteiger partial charge in [-0.25, -0.2) is 0 Å². The molecule has 15 heavy (non-hydrogen) atoms. The third kappa shape index (κ3) is 2.35. The van der Waals surface area contributed by atoms with Crippen molar-refractivity contribution in [3.05, 3.63) is 47.3 Å². The molecule has 0 atom stereocenters. The zero-order valence-corrected chi connectivity index (χ0v) is 8.18. The van der Waals surface area contributed by atoms with Crippen molar-refractivity contribution >= 4 is 0 Å². The zero-order chi connectivity index (χ0) is 10.7. The van der Waals surface area contributed by atoms with Gasteiger partial charge in [-0.15, -0.1) is 0 Å². The number of rotatable bonds is 3. The predicted octanol–water partition coefficient (Wildman–Crippen LogP) is 1.43. The van der Waals surface area contributed by atoms with Crippen LogP contribution in [0.5, 0.6) is 5.75 Å². The van der Waals surface area contributed by atoms with Gasteiger partial charge in [-0.3, -0.25) is 0 Å². The molecule has 4 heteroatoms. The Balaban J connectivity index is 2.14. The fourth-order valence-electron chi connectivity index (χ4n) is 1.40. The SMILES string of the molecule is NCc1cc(Cc2cccc(O)c2)on1. The Morgan fingerprint density at radius 1 is 1.33 bits per heavy atom. The summed E-state index contributed by atoms with van der Waals surface area (Å²) < 4.78 is 5.09. The summed E-state index contributed by atoms with van der Waals surface area (Å²) in [7, 11) is 0. The Morgan fingerprint density at radius 2 is 2.20 bits per heavy atom. The van der Waals surface area contributed by atoms with E-state index in [1.165, 1.54) is 0 Å². The van der Waals surface area contributed by atoms with Gasteiger partial charge in [0.1, 0.15) is 11.5 Å². The maximum absolute atomic E-state index is 9.28. The lowest BCUT2D eigenvalue weighted by Crippen LogP contribution is -1.95. The van der Waals surface area contributed by atoms with Crippen LogP contribution in [0, 0.1) is 0 Å². The largest absolute Gasteiger partial charge is 0.508 e. The van der Waals surface area contributed by atoms with E-state index in [1.807, 2.05) is 12.1 Å². The summed E-state index contributed by atoms with van der Waals surface area (Å²) in [6.07, 6.45) is 0.612. The Kier molecular flexibility index (Phi) is 2.69. The molecule has 0 bridgehead atoms. The van der Waals surface area contributed by atoms with Crippen LogP contribution >= 0.6 is 0 Å². The number of phenols is 1. The van der Waals surface area contributed by atoms with E-state index < -0.39 is 0 Å². The normalized spacial score (nSPS) is 10.5. The second-order valence-corrected chi connectivity index (χ2v) is 3.34. The average Bonchev–Trinajstić information content (AvgIpc) is 2.65. The number of aromatic hydroxyl groups is 1. The lowest BCUT2D eigenvalue weighted by Gasteiger charge is -1.97. The molecule has 0 aliphatic rings. The molecule has 0 radical (unpaired) electrons. The number of phenolic OH excluding ortho intramolecular Hbond substituents is 1. The van der Waals surface area contributed by atoms with E-state index in [1.54, 1.807) is 18.2 Å². The predicted molar refractivity (Wildman–Crippen MR) is 55.3 cm³/mol. The van der Waals surface area contributed by atoms with Crippen molar-refractivity contribution < 1.29 is 9.63 Å². The standard InChI is InChI=1S/C11H12N2O2/c12-7-9-6-11(15-13-9)5-8-2-1-3-10(14)4-8/h1-4,6,14H,5,7,12H2. The van der Waals surface area contributed by atoms with Gasteiger partial charge in [0.05, 0.1) is 5.69 Å². The Bertz CT molecular complexity index is 451. The summed E-state index contributed by atoms with van der Waals surface area (Å²) >= 11 is 0. The maximum atomic E-state index is 9.28. The van der Waals surface area contributed by atoms with Crippen molar-refractivity contribution in [2.24, 2.45) is 5.73 Å². The lowest BCUT2D eigenvalue weighted by molar-refractivity contribution is 0.383. The number of hydrogen-bond donors (Lipinski definition) is 2. The zero-order valence-electron chi connectivity index (χ0n) is 8.18. The number of aromatic nitrogens is 1. The fourth-order valence-corrected chi connectivity index (χ4v) is 1.40. The summed E-state index contributed by atoms with van der Waals surface area (Å²) in [5.41, 5.74) is 7.14. The number of hydrogen-bond acceptors (Lipinski definition) is 4. The Hall–Kier alpha value is -1.81. The highest BCUT2D eigenvalue weighted by Crippen LogP contribution is 2.15. The molecule has 78 valence electrons. The fraction of sp³-hybridized carbons (Fsp3) is 0.182. The van der Waals surface area contributed by atoms with E-state index in [-0.39, 0.29) is 5.75 Å². The highest BCUT2D eigenvalue weighted by molar-refractivity contribution is 5.29. The van der Waals surface area contributed by atoms with Gasteiger partial charge in [0.2, 0.25) is 0 Å². The van der Waals surface area contributed by atoms with Crippen molar-refractivity contribution in [3.63, 3.8) is 0 Å². The molecule has 1 heterocycles. The van der Waals surface area contributed by atoms with Crippen LogP contribution < -0.4 is 5.73 Å². The quantitative estimate of drug-likeness (QED) is 0.793. The topological polar surface area (TPSA) is 72.3 Å². The minimum Gasteiger partial charge on any atom is -0.508 e. The van der Waals surface area contributed by atoms with Crippen LogP contribution in [0.4, 0.5) is 0 Å². The lowest BCUT2D eigenvalue weighted by atomic mass is 10.1. The molecule has 0 saturated heterocycles. The maximum Gasteiger partial charge on any atom is 0.141 e. The molecule has 1 aromatic carbocycles. The van der Waals surface area contributed by atoms with Gasteiger partial charge >= 0.3 is 0 Å². The minimum absolute atomic E-state index is 0.256. The van der Waals surface area contributed by atoms with Gasteiger partial charge in [0.15, 0.2) is 0 Å². The van der Waals surface area contributed by atoms with Crippen molar-refractivity contribution in [2.75, 3.05) is 0 Å². The first-order valence-corrected chi connectivity index (χ1v) is 4.70. The number of nitrogens with zero attached hydrogens (tertiary/aromatic N) is 1. The van der Waals surface area contributed by atoms with E-state index in [0.717, 1.165) is 17.0 Å². The van der Waals surface area contributed by atoms with E-state index in [0.29, 0.717) is 13.0 Å². The minimum atomic E-state index is 0.256. The van der Waals surface area contributed by atoms with E-state index in [4.69, 9.17) is 10.3 Å². The molecular weight excluding hydrogens is 192 g/mol. The second kappa shape index (κ2) is 4.14. The first-order chi connectivity index (χ1) is 7.28. The third-order valence-corrected chi connectivity index (χ3v) is 2.11. The van der Waals surface area contributed by atoms with E-state index in [9.17, 15) is 5.11 Å². The molecule has 1 aromatic heterocycles. The second-order valence-electron chi connectivity index (χ2n) is 3.34. The molecule has 2 aromatic rings. The van der Waals surface area contributed by atoms with Crippen molar-refractivity contribution in [2.45, 2.75) is 13.0 Å². The molecular formula is C11H12N2O2. The van der Waals surface area contributed by atoms with Gasteiger partial charge in [-0.2, -0.15) is 0 Å². The third-order valence-electron chi connectivity index (χ3n) is 2.11. The van der Waals surface area contributed by atoms with Crippen LogP contribution in [-0.2, 0) is 13.0 Å². The molecule has 0 fully saturated rings. The summed E-state index contributed by atoms with van der Waals surface area (Å²) in [5.74, 6) is 1.01. The summed E-state index contributed by atoms with van der Waals surface area (Å²) in [4.78, 5) is 0. The first-order valence-electron chi connectivity index (χ1n) is 4.70. The van der Waals surface area contributed by atoms with Gasteiger partial charge in [0, 0.05) is 19.0 Å². The highest BCUT2D eigenvalue weighted by atomic mass is 16.5. The van der Waals surface area contributed by atoms with Gasteiger partial charge < -0.3 is 15.4 Å². The van der Waals surface area contributed by atoms with Crippen LogP contribution in [-0.4, -0.2) is 10.3 Å². The molecule has 0 aliphatic heterocycles.